The van der Waals surface area contributed by atoms with Crippen molar-refractivity contribution in [3.63, 3.8) is 0 Å². The lowest BCUT2D eigenvalue weighted by molar-refractivity contribution is 0.292. The van der Waals surface area contributed by atoms with E-state index < -0.39 is 0 Å². The monoisotopic (exact) mass is 234 g/mol. The van der Waals surface area contributed by atoms with Gasteiger partial charge in [0.2, 0.25) is 0 Å². The van der Waals surface area contributed by atoms with E-state index in [1.807, 2.05) is 13.1 Å². The SMILES string of the molecule is CCNC(C)(C)CC(C)(C)c1ccc(C)nc1. The van der Waals surface area contributed by atoms with Gasteiger partial charge >= 0.3 is 0 Å². The number of nitrogens with one attached hydrogen (secondary N) is 1. The molecule has 0 saturated heterocycles. The smallest absolute Gasteiger partial charge is 0.0372 e. The van der Waals surface area contributed by atoms with Crippen LogP contribution in [0.3, 0.4) is 0 Å². The van der Waals surface area contributed by atoms with Crippen molar-refractivity contribution in [1.82, 2.24) is 10.3 Å². The Labute approximate surface area is 106 Å². The third kappa shape index (κ3) is 4.12. The zero-order valence-electron chi connectivity index (χ0n) is 12.1. The van der Waals surface area contributed by atoms with Crippen molar-refractivity contribution < 1.29 is 0 Å². The molecule has 0 aliphatic rings. The van der Waals surface area contributed by atoms with E-state index in [1.54, 1.807) is 0 Å². The van der Waals surface area contributed by atoms with Crippen molar-refractivity contribution in [3.8, 4) is 0 Å². The minimum absolute atomic E-state index is 0.145. The molecule has 0 amide bonds. The van der Waals surface area contributed by atoms with Crippen LogP contribution in [0.25, 0.3) is 0 Å². The van der Waals surface area contributed by atoms with Gasteiger partial charge in [-0.05, 0) is 50.8 Å². The molecule has 2 heteroatoms. The molecule has 96 valence electrons. The average Bonchev–Trinajstić information content (AvgIpc) is 2.16. The van der Waals surface area contributed by atoms with Crippen LogP contribution in [0.1, 0.15) is 52.3 Å². The number of nitrogens with zero attached hydrogens (tertiary/aromatic N) is 1. The molecule has 1 aromatic rings. The molecule has 0 fully saturated rings. The molecule has 1 heterocycles. The number of aryl methyl sites for hydroxylation is 1. The predicted octanol–water partition coefficient (Wildman–Crippen LogP) is 3.45. The highest BCUT2D eigenvalue weighted by atomic mass is 14.9. The normalized spacial score (nSPS) is 12.8. The van der Waals surface area contributed by atoms with Gasteiger partial charge in [0.25, 0.3) is 0 Å². The lowest BCUT2D eigenvalue weighted by atomic mass is 9.75. The fourth-order valence-electron chi connectivity index (χ4n) is 2.62. The maximum absolute atomic E-state index is 4.40. The maximum Gasteiger partial charge on any atom is 0.0372 e. The second kappa shape index (κ2) is 5.18. The molecule has 0 radical (unpaired) electrons. The Morgan fingerprint density at radius 3 is 2.29 bits per heavy atom. The van der Waals surface area contributed by atoms with E-state index in [1.165, 1.54) is 5.56 Å². The van der Waals surface area contributed by atoms with Gasteiger partial charge in [-0.2, -0.15) is 0 Å². The Morgan fingerprint density at radius 1 is 1.18 bits per heavy atom. The summed E-state index contributed by atoms with van der Waals surface area (Å²) in [6, 6.07) is 4.29. The van der Waals surface area contributed by atoms with E-state index in [0.29, 0.717) is 0 Å². The van der Waals surface area contributed by atoms with Gasteiger partial charge in [0.05, 0.1) is 0 Å². The molecule has 0 saturated carbocycles. The standard InChI is InChI=1S/C15H26N2/c1-7-17-15(5,6)11-14(3,4)13-9-8-12(2)16-10-13/h8-10,17H,7,11H2,1-6H3. The molecular weight excluding hydrogens is 208 g/mol. The summed E-state index contributed by atoms with van der Waals surface area (Å²) in [6.07, 6.45) is 3.11. The lowest BCUT2D eigenvalue weighted by Gasteiger charge is -2.36. The Kier molecular flexibility index (Phi) is 4.31. The highest BCUT2D eigenvalue weighted by Crippen LogP contribution is 2.31. The van der Waals surface area contributed by atoms with E-state index >= 15 is 0 Å². The molecule has 1 rings (SSSR count). The van der Waals surface area contributed by atoms with E-state index in [4.69, 9.17) is 0 Å². The molecular formula is C15H26N2. The van der Waals surface area contributed by atoms with Crippen LogP contribution in [0.5, 0.6) is 0 Å². The third-order valence-corrected chi connectivity index (χ3v) is 3.23. The molecule has 0 aromatic carbocycles. The summed E-state index contributed by atoms with van der Waals surface area (Å²) in [5.74, 6) is 0. The zero-order chi connectivity index (χ0) is 13.1. The van der Waals surface area contributed by atoms with Crippen molar-refractivity contribution in [1.29, 1.82) is 0 Å². The summed E-state index contributed by atoms with van der Waals surface area (Å²) in [4.78, 5) is 4.40. The molecule has 0 aliphatic heterocycles. The van der Waals surface area contributed by atoms with Gasteiger partial charge in [0, 0.05) is 17.4 Å². The number of pyridine rings is 1. The largest absolute Gasteiger partial charge is 0.312 e. The summed E-state index contributed by atoms with van der Waals surface area (Å²) >= 11 is 0. The van der Waals surface area contributed by atoms with Crippen molar-refractivity contribution in [3.05, 3.63) is 29.6 Å². The van der Waals surface area contributed by atoms with Gasteiger partial charge in [0.1, 0.15) is 0 Å². The first-order valence-corrected chi connectivity index (χ1v) is 6.45. The van der Waals surface area contributed by atoms with Crippen molar-refractivity contribution in [2.45, 2.75) is 58.9 Å². The van der Waals surface area contributed by atoms with Crippen molar-refractivity contribution in [2.75, 3.05) is 6.54 Å². The molecule has 2 nitrogen and oxygen atoms in total. The van der Waals surface area contributed by atoms with Gasteiger partial charge in [-0.25, -0.2) is 0 Å². The van der Waals surface area contributed by atoms with Crippen LogP contribution in [0.2, 0.25) is 0 Å². The third-order valence-electron chi connectivity index (χ3n) is 3.23. The maximum atomic E-state index is 4.40. The Bertz CT molecular complexity index is 350. The molecule has 0 spiro atoms. The average molecular weight is 234 g/mol. The fraction of sp³-hybridized carbons (Fsp3) is 0.667. The second-order valence-electron chi connectivity index (χ2n) is 6.16. The molecule has 0 unspecified atom stereocenters. The van der Waals surface area contributed by atoms with E-state index in [0.717, 1.165) is 18.7 Å². The van der Waals surface area contributed by atoms with Crippen LogP contribution in [-0.4, -0.2) is 17.1 Å². The molecule has 17 heavy (non-hydrogen) atoms. The molecule has 0 atom stereocenters. The van der Waals surface area contributed by atoms with E-state index in [-0.39, 0.29) is 11.0 Å². The highest BCUT2D eigenvalue weighted by molar-refractivity contribution is 5.22. The number of hydrogen-bond acceptors (Lipinski definition) is 2. The minimum atomic E-state index is 0.145. The first-order valence-electron chi connectivity index (χ1n) is 6.45. The van der Waals surface area contributed by atoms with Gasteiger partial charge in [-0.1, -0.05) is 26.8 Å². The Hall–Kier alpha value is -0.890. The van der Waals surface area contributed by atoms with Crippen LogP contribution in [-0.2, 0) is 5.41 Å². The highest BCUT2D eigenvalue weighted by Gasteiger charge is 2.29. The van der Waals surface area contributed by atoms with Gasteiger partial charge in [-0.15, -0.1) is 0 Å². The second-order valence-corrected chi connectivity index (χ2v) is 6.16. The van der Waals surface area contributed by atoms with Crippen LogP contribution in [0.15, 0.2) is 18.3 Å². The van der Waals surface area contributed by atoms with Gasteiger partial charge in [-0.3, -0.25) is 4.98 Å². The van der Waals surface area contributed by atoms with Gasteiger partial charge in [0.15, 0.2) is 0 Å². The summed E-state index contributed by atoms with van der Waals surface area (Å²) < 4.78 is 0. The van der Waals surface area contributed by atoms with Crippen molar-refractivity contribution >= 4 is 0 Å². The molecule has 1 aromatic heterocycles. The summed E-state index contributed by atoms with van der Waals surface area (Å²) in [7, 11) is 0. The predicted molar refractivity (Wildman–Crippen MR) is 74.4 cm³/mol. The van der Waals surface area contributed by atoms with Gasteiger partial charge < -0.3 is 5.32 Å². The topological polar surface area (TPSA) is 24.9 Å². The minimum Gasteiger partial charge on any atom is -0.312 e. The van der Waals surface area contributed by atoms with Crippen molar-refractivity contribution in [2.24, 2.45) is 0 Å². The van der Waals surface area contributed by atoms with Crippen LogP contribution < -0.4 is 5.32 Å². The quantitative estimate of drug-likeness (QED) is 0.844. The number of aromatic nitrogens is 1. The van der Waals surface area contributed by atoms with E-state index in [2.05, 4.69) is 57.1 Å². The number of rotatable bonds is 5. The Balaban J connectivity index is 2.84. The lowest BCUT2D eigenvalue weighted by Crippen LogP contribution is -2.43. The summed E-state index contributed by atoms with van der Waals surface area (Å²) in [5.41, 5.74) is 2.69. The summed E-state index contributed by atoms with van der Waals surface area (Å²) in [6.45, 7) is 14.3. The van der Waals surface area contributed by atoms with Crippen LogP contribution in [0.4, 0.5) is 0 Å². The zero-order valence-corrected chi connectivity index (χ0v) is 12.1. The van der Waals surface area contributed by atoms with E-state index in [9.17, 15) is 0 Å². The fourth-order valence-corrected chi connectivity index (χ4v) is 2.62. The number of hydrogen-bond donors (Lipinski definition) is 1. The van der Waals surface area contributed by atoms with Crippen LogP contribution >= 0.6 is 0 Å². The molecule has 1 N–H and O–H groups in total. The molecule has 0 aliphatic carbocycles. The Morgan fingerprint density at radius 2 is 1.82 bits per heavy atom. The first-order chi connectivity index (χ1) is 7.77. The summed E-state index contributed by atoms with van der Waals surface area (Å²) in [5, 5.41) is 3.54. The first kappa shape index (κ1) is 14.2. The molecule has 0 bridgehead atoms. The van der Waals surface area contributed by atoms with Crippen LogP contribution in [0, 0.1) is 6.92 Å².